The van der Waals surface area contributed by atoms with E-state index in [-0.39, 0.29) is 16.5 Å². The van der Waals surface area contributed by atoms with E-state index in [4.69, 9.17) is 17.3 Å². The largest absolute Gasteiger partial charge is 0.326 e. The zero-order chi connectivity index (χ0) is 13.2. The monoisotopic (exact) mass is 277 g/mol. The molecule has 0 spiro atoms. The molecule has 2 unspecified atom stereocenters. The Morgan fingerprint density at radius 3 is 2.53 bits per heavy atom. The van der Waals surface area contributed by atoms with Crippen molar-refractivity contribution in [3.05, 3.63) is 29.0 Å². The highest BCUT2D eigenvalue weighted by Gasteiger charge is 2.23. The van der Waals surface area contributed by atoms with Crippen molar-refractivity contribution in [2.45, 2.75) is 31.7 Å². The van der Waals surface area contributed by atoms with E-state index in [1.807, 2.05) is 20.8 Å². The van der Waals surface area contributed by atoms with Gasteiger partial charge in [-0.2, -0.15) is 0 Å². The molecule has 0 amide bonds. The van der Waals surface area contributed by atoms with Gasteiger partial charge in [0, 0.05) is 16.7 Å². The number of benzene rings is 1. The Labute approximate surface area is 109 Å². The summed E-state index contributed by atoms with van der Waals surface area (Å²) in [4.78, 5) is 0.510. The number of hydrogen-bond acceptors (Lipinski definition) is 2. The molecule has 2 nitrogen and oxygen atoms in total. The molecule has 0 aliphatic carbocycles. The van der Waals surface area contributed by atoms with Gasteiger partial charge in [0.2, 0.25) is 0 Å². The molecule has 0 heterocycles. The first-order valence-electron chi connectivity index (χ1n) is 5.31. The van der Waals surface area contributed by atoms with Crippen LogP contribution in [-0.2, 0) is 10.8 Å². The van der Waals surface area contributed by atoms with Gasteiger partial charge in [-0.3, -0.25) is 4.21 Å². The van der Waals surface area contributed by atoms with Crippen LogP contribution in [0.4, 0.5) is 4.39 Å². The van der Waals surface area contributed by atoms with Crippen LogP contribution < -0.4 is 5.73 Å². The van der Waals surface area contributed by atoms with Gasteiger partial charge in [-0.05, 0) is 23.6 Å². The van der Waals surface area contributed by atoms with Crippen LogP contribution in [0.1, 0.15) is 20.8 Å². The molecule has 0 radical (unpaired) electrons. The van der Waals surface area contributed by atoms with E-state index in [0.717, 1.165) is 0 Å². The number of hydrogen-bond donors (Lipinski definition) is 1. The molecular formula is C12H17ClFNOS. The first-order valence-corrected chi connectivity index (χ1v) is 7.00. The highest BCUT2D eigenvalue weighted by molar-refractivity contribution is 7.85. The van der Waals surface area contributed by atoms with Crippen LogP contribution in [0, 0.1) is 11.2 Å². The number of halogens is 2. The summed E-state index contributed by atoms with van der Waals surface area (Å²) in [5.74, 6) is -0.168. The number of rotatable bonds is 3. The van der Waals surface area contributed by atoms with Crippen LogP contribution >= 0.6 is 11.6 Å². The Balaban J connectivity index is 2.80. The molecule has 0 saturated carbocycles. The molecule has 17 heavy (non-hydrogen) atoms. The minimum absolute atomic E-state index is 0.0137. The maximum atomic E-state index is 13.0. The van der Waals surface area contributed by atoms with Crippen molar-refractivity contribution in [1.29, 1.82) is 0 Å². The average molecular weight is 278 g/mol. The molecule has 5 heteroatoms. The second kappa shape index (κ2) is 5.46. The van der Waals surface area contributed by atoms with Gasteiger partial charge in [-0.1, -0.05) is 32.4 Å². The van der Waals surface area contributed by atoms with E-state index in [0.29, 0.717) is 10.6 Å². The Morgan fingerprint density at radius 2 is 2.06 bits per heavy atom. The highest BCUT2D eigenvalue weighted by Crippen LogP contribution is 2.22. The Morgan fingerprint density at radius 1 is 1.47 bits per heavy atom. The summed E-state index contributed by atoms with van der Waals surface area (Å²) in [6.07, 6.45) is 0. The van der Waals surface area contributed by atoms with Gasteiger partial charge in [0.25, 0.3) is 0 Å². The predicted molar refractivity (Wildman–Crippen MR) is 70.1 cm³/mol. The Kier molecular flexibility index (Phi) is 4.69. The van der Waals surface area contributed by atoms with Crippen LogP contribution in [0.25, 0.3) is 0 Å². The van der Waals surface area contributed by atoms with Crippen molar-refractivity contribution in [3.8, 4) is 0 Å². The lowest BCUT2D eigenvalue weighted by Crippen LogP contribution is -2.39. The lowest BCUT2D eigenvalue weighted by Gasteiger charge is -2.26. The van der Waals surface area contributed by atoms with Crippen LogP contribution in [0.5, 0.6) is 0 Å². The van der Waals surface area contributed by atoms with Gasteiger partial charge >= 0.3 is 0 Å². The van der Waals surface area contributed by atoms with Crippen LogP contribution in [0.2, 0.25) is 5.02 Å². The van der Waals surface area contributed by atoms with Gasteiger partial charge in [-0.15, -0.1) is 0 Å². The van der Waals surface area contributed by atoms with Crippen molar-refractivity contribution in [3.63, 3.8) is 0 Å². The molecule has 2 atom stereocenters. The van der Waals surface area contributed by atoms with Crippen molar-refractivity contribution >= 4 is 22.4 Å². The van der Waals surface area contributed by atoms with Gasteiger partial charge in [0.1, 0.15) is 5.82 Å². The van der Waals surface area contributed by atoms with E-state index in [2.05, 4.69) is 0 Å². The van der Waals surface area contributed by atoms with Gasteiger partial charge in [-0.25, -0.2) is 4.39 Å². The van der Waals surface area contributed by atoms with Crippen LogP contribution in [-0.4, -0.2) is 16.0 Å². The topological polar surface area (TPSA) is 43.1 Å². The van der Waals surface area contributed by atoms with Crippen molar-refractivity contribution < 1.29 is 8.60 Å². The second-order valence-electron chi connectivity index (χ2n) is 5.06. The van der Waals surface area contributed by atoms with E-state index in [1.165, 1.54) is 18.2 Å². The second-order valence-corrected chi connectivity index (χ2v) is 6.96. The number of nitrogens with two attached hydrogens (primary N) is 1. The maximum Gasteiger partial charge on any atom is 0.141 e. The third-order valence-corrected chi connectivity index (χ3v) is 4.33. The van der Waals surface area contributed by atoms with Gasteiger partial charge in [0.05, 0.1) is 15.8 Å². The Bertz CT molecular complexity index is 431. The van der Waals surface area contributed by atoms with E-state index in [1.54, 1.807) is 0 Å². The lowest BCUT2D eigenvalue weighted by atomic mass is 9.89. The van der Waals surface area contributed by atoms with Crippen molar-refractivity contribution in [1.82, 2.24) is 0 Å². The summed E-state index contributed by atoms with van der Waals surface area (Å²) >= 11 is 5.64. The van der Waals surface area contributed by atoms with Gasteiger partial charge in [0.15, 0.2) is 0 Å². The zero-order valence-corrected chi connectivity index (χ0v) is 11.7. The molecule has 0 bridgehead atoms. The molecule has 2 N–H and O–H groups in total. The molecule has 0 aliphatic rings. The summed E-state index contributed by atoms with van der Waals surface area (Å²) in [5, 5.41) is -0.0137. The molecule has 96 valence electrons. The van der Waals surface area contributed by atoms with E-state index >= 15 is 0 Å². The minimum Gasteiger partial charge on any atom is -0.326 e. The summed E-state index contributed by atoms with van der Waals surface area (Å²) in [6.45, 7) is 5.98. The summed E-state index contributed by atoms with van der Waals surface area (Å²) < 4.78 is 25.0. The zero-order valence-electron chi connectivity index (χ0n) is 10.2. The fourth-order valence-corrected chi connectivity index (χ4v) is 2.86. The van der Waals surface area contributed by atoms with Gasteiger partial charge < -0.3 is 5.73 Å². The smallest absolute Gasteiger partial charge is 0.141 e. The molecule has 0 aliphatic heterocycles. The molecule has 1 rings (SSSR count). The molecular weight excluding hydrogens is 261 g/mol. The first kappa shape index (κ1) is 14.6. The summed E-state index contributed by atoms with van der Waals surface area (Å²) in [7, 11) is -1.25. The first-order chi connectivity index (χ1) is 7.71. The normalized spacial score (nSPS) is 15.6. The predicted octanol–water partition coefficient (Wildman–Crippen LogP) is 2.96. The summed E-state index contributed by atoms with van der Waals surface area (Å²) in [6, 6.07) is 3.90. The average Bonchev–Trinajstić information content (AvgIpc) is 2.20. The fraction of sp³-hybridized carbons (Fsp3) is 0.500. The Hall–Kier alpha value is -0.450. The standard InChI is InChI=1S/C12H17ClFNOS/c1-12(2,3)11(15)7-17(16)8-4-5-10(14)9(13)6-8/h4-6,11H,7,15H2,1-3H3. The lowest BCUT2D eigenvalue weighted by molar-refractivity contribution is 0.342. The van der Waals surface area contributed by atoms with E-state index in [9.17, 15) is 8.60 Å². The van der Waals surface area contributed by atoms with Crippen molar-refractivity contribution in [2.75, 3.05) is 5.75 Å². The molecule has 1 aromatic rings. The highest BCUT2D eigenvalue weighted by atomic mass is 35.5. The molecule has 1 aromatic carbocycles. The SMILES string of the molecule is CC(C)(C)C(N)CS(=O)c1ccc(F)c(Cl)c1. The summed E-state index contributed by atoms with van der Waals surface area (Å²) in [5.41, 5.74) is 5.85. The molecule has 0 aromatic heterocycles. The van der Waals surface area contributed by atoms with Crippen LogP contribution in [0.3, 0.4) is 0 Å². The maximum absolute atomic E-state index is 13.0. The third-order valence-electron chi connectivity index (χ3n) is 2.60. The third kappa shape index (κ3) is 4.05. The van der Waals surface area contributed by atoms with E-state index < -0.39 is 16.6 Å². The minimum atomic E-state index is -1.25. The van der Waals surface area contributed by atoms with Crippen molar-refractivity contribution in [2.24, 2.45) is 11.1 Å². The fourth-order valence-electron chi connectivity index (χ4n) is 1.13. The van der Waals surface area contributed by atoms with Crippen LogP contribution in [0.15, 0.2) is 23.1 Å². The quantitative estimate of drug-likeness (QED) is 0.923. The molecule has 0 saturated heterocycles. The molecule has 0 fully saturated rings.